The van der Waals surface area contributed by atoms with E-state index in [0.717, 1.165) is 108 Å². The minimum absolute atomic E-state index is 0.0930. The Kier molecular flexibility index (Phi) is 9.00. The zero-order valence-electron chi connectivity index (χ0n) is 31.4. The molecular weight excluding hydrogens is 711 g/mol. The lowest BCUT2D eigenvalue weighted by Gasteiger charge is -2.38. The molecule has 286 valence electrons. The summed E-state index contributed by atoms with van der Waals surface area (Å²) in [6, 6.07) is 12.6. The zero-order chi connectivity index (χ0) is 38.7. The number of hydrogen-bond acceptors (Lipinski definition) is 11. The number of fused-ring (bicyclic) bond motifs is 4. The number of benzene rings is 2. The first kappa shape index (κ1) is 35.6. The van der Waals surface area contributed by atoms with Crippen molar-refractivity contribution in [1.82, 2.24) is 40.1 Å². The Labute approximate surface area is 323 Å². The largest absolute Gasteiger partial charge is 0.381 e. The van der Waals surface area contributed by atoms with E-state index < -0.39 is 23.8 Å². The highest BCUT2D eigenvalue weighted by atomic mass is 16.2. The zero-order valence-corrected chi connectivity index (χ0v) is 31.4. The van der Waals surface area contributed by atoms with Crippen LogP contribution in [0.3, 0.4) is 0 Å². The summed E-state index contributed by atoms with van der Waals surface area (Å²) in [4.78, 5) is 65.4. The lowest BCUT2D eigenvalue weighted by molar-refractivity contribution is -0.136. The van der Waals surface area contributed by atoms with Gasteiger partial charge < -0.3 is 20.1 Å². The molecule has 9 rings (SSSR count). The van der Waals surface area contributed by atoms with E-state index in [4.69, 9.17) is 4.98 Å². The van der Waals surface area contributed by atoms with Gasteiger partial charge in [0.1, 0.15) is 11.7 Å². The first-order valence-electron chi connectivity index (χ1n) is 19.5. The SMILES string of the molecule is CC(C)Nc1c(-c2cn(C3CCN(CC4CCN(c5cccc6c5C(=O)N(C5CCC(=O)NC5=O)C6=O)CC4)CC3)nn2)cnc2c1[nH]c1cc(C#N)ccc12. The summed E-state index contributed by atoms with van der Waals surface area (Å²) < 4.78 is 2.00. The van der Waals surface area contributed by atoms with E-state index in [9.17, 15) is 24.4 Å². The summed E-state index contributed by atoms with van der Waals surface area (Å²) in [5.74, 6) is -1.41. The molecule has 0 aliphatic carbocycles. The van der Waals surface area contributed by atoms with E-state index in [1.165, 1.54) is 0 Å². The van der Waals surface area contributed by atoms with Gasteiger partial charge >= 0.3 is 0 Å². The number of nitriles is 1. The van der Waals surface area contributed by atoms with Gasteiger partial charge in [-0.25, -0.2) is 4.68 Å². The third-order valence-electron chi connectivity index (χ3n) is 11.8. The topological polar surface area (TPSA) is 185 Å². The number of nitrogens with one attached hydrogen (secondary N) is 3. The molecule has 0 saturated carbocycles. The molecule has 15 nitrogen and oxygen atoms in total. The number of H-pyrrole nitrogens is 1. The van der Waals surface area contributed by atoms with Gasteiger partial charge in [0, 0.05) is 67.8 Å². The number of hydrogen-bond donors (Lipinski definition) is 3. The van der Waals surface area contributed by atoms with Gasteiger partial charge in [-0.3, -0.25) is 34.4 Å². The Morgan fingerprint density at radius 1 is 0.964 bits per heavy atom. The fourth-order valence-electron chi connectivity index (χ4n) is 8.96. The number of rotatable bonds is 8. The summed E-state index contributed by atoms with van der Waals surface area (Å²) in [6.45, 7) is 8.67. The molecule has 4 aliphatic heterocycles. The molecule has 5 aromatic rings. The molecule has 15 heteroatoms. The van der Waals surface area contributed by atoms with Crippen LogP contribution in [-0.2, 0) is 9.59 Å². The van der Waals surface area contributed by atoms with Crippen molar-refractivity contribution in [2.75, 3.05) is 42.9 Å². The van der Waals surface area contributed by atoms with Crippen LogP contribution in [0.2, 0.25) is 0 Å². The van der Waals surface area contributed by atoms with Crippen molar-refractivity contribution in [2.24, 2.45) is 5.92 Å². The van der Waals surface area contributed by atoms with Crippen molar-refractivity contribution < 1.29 is 19.2 Å². The second-order valence-corrected chi connectivity index (χ2v) is 15.8. The van der Waals surface area contributed by atoms with E-state index in [1.807, 2.05) is 41.3 Å². The number of imide groups is 2. The molecule has 3 aromatic heterocycles. The molecule has 2 aromatic carbocycles. The van der Waals surface area contributed by atoms with Gasteiger partial charge in [0.15, 0.2) is 0 Å². The average Bonchev–Trinajstić information content (AvgIpc) is 3.90. The van der Waals surface area contributed by atoms with Crippen LogP contribution in [0, 0.1) is 17.2 Å². The molecule has 1 unspecified atom stereocenters. The summed E-state index contributed by atoms with van der Waals surface area (Å²) in [7, 11) is 0. The summed E-state index contributed by atoms with van der Waals surface area (Å²) in [5, 5.41) is 25.5. The Bertz CT molecular complexity index is 2450. The fourth-order valence-corrected chi connectivity index (χ4v) is 8.96. The number of likely N-dealkylation sites (tertiary alicyclic amines) is 1. The lowest BCUT2D eigenvalue weighted by Crippen LogP contribution is -2.54. The number of nitrogens with zero attached hydrogens (tertiary/aromatic N) is 8. The molecule has 3 saturated heterocycles. The van der Waals surface area contributed by atoms with E-state index in [-0.39, 0.29) is 30.8 Å². The summed E-state index contributed by atoms with van der Waals surface area (Å²) >= 11 is 0. The highest BCUT2D eigenvalue weighted by Gasteiger charge is 2.46. The second-order valence-electron chi connectivity index (χ2n) is 15.8. The number of carbonyl (C=O) groups excluding carboxylic acids is 4. The van der Waals surface area contributed by atoms with E-state index in [2.05, 4.69) is 55.6 Å². The number of pyridine rings is 1. The van der Waals surface area contributed by atoms with Crippen LogP contribution < -0.4 is 15.5 Å². The Morgan fingerprint density at radius 3 is 2.52 bits per heavy atom. The molecule has 4 amide bonds. The maximum absolute atomic E-state index is 13.7. The average molecular weight is 754 g/mol. The molecule has 0 bridgehead atoms. The van der Waals surface area contributed by atoms with E-state index in [0.29, 0.717) is 22.6 Å². The highest BCUT2D eigenvalue weighted by molar-refractivity contribution is 6.25. The third kappa shape index (κ3) is 6.23. The van der Waals surface area contributed by atoms with Gasteiger partial charge in [0.2, 0.25) is 11.8 Å². The van der Waals surface area contributed by atoms with Crippen molar-refractivity contribution in [3.63, 3.8) is 0 Å². The van der Waals surface area contributed by atoms with Gasteiger partial charge in [-0.15, -0.1) is 5.10 Å². The van der Waals surface area contributed by atoms with Crippen LogP contribution in [0.15, 0.2) is 48.8 Å². The van der Waals surface area contributed by atoms with Crippen LogP contribution in [0.4, 0.5) is 11.4 Å². The number of aromatic amines is 1. The molecule has 0 radical (unpaired) electrons. The van der Waals surface area contributed by atoms with Crippen LogP contribution in [-0.4, -0.2) is 103 Å². The normalized spacial score (nSPS) is 20.0. The Balaban J connectivity index is 0.825. The molecule has 3 N–H and O–H groups in total. The molecular formula is C41H43N11O4. The Morgan fingerprint density at radius 2 is 1.77 bits per heavy atom. The van der Waals surface area contributed by atoms with Gasteiger partial charge in [0.05, 0.1) is 57.4 Å². The van der Waals surface area contributed by atoms with Crippen LogP contribution in [0.25, 0.3) is 33.2 Å². The predicted molar refractivity (Wildman–Crippen MR) is 209 cm³/mol. The van der Waals surface area contributed by atoms with Gasteiger partial charge in [-0.2, -0.15) is 5.26 Å². The maximum atomic E-state index is 13.7. The van der Waals surface area contributed by atoms with Crippen molar-refractivity contribution in [2.45, 2.75) is 70.5 Å². The molecule has 3 fully saturated rings. The van der Waals surface area contributed by atoms with Gasteiger partial charge in [-0.1, -0.05) is 11.3 Å². The van der Waals surface area contributed by atoms with Crippen molar-refractivity contribution in [3.8, 4) is 17.3 Å². The number of anilines is 2. The molecule has 4 aliphatic rings. The monoisotopic (exact) mass is 753 g/mol. The number of piperidine rings is 3. The first-order valence-corrected chi connectivity index (χ1v) is 19.5. The molecule has 7 heterocycles. The molecule has 56 heavy (non-hydrogen) atoms. The number of aromatic nitrogens is 5. The second kappa shape index (κ2) is 14.2. The summed E-state index contributed by atoms with van der Waals surface area (Å²) in [5.41, 5.74) is 7.13. The predicted octanol–water partition coefficient (Wildman–Crippen LogP) is 4.62. The minimum Gasteiger partial charge on any atom is -0.381 e. The minimum atomic E-state index is -0.978. The lowest BCUT2D eigenvalue weighted by atomic mass is 9.93. The van der Waals surface area contributed by atoms with Gasteiger partial charge in [0.25, 0.3) is 11.8 Å². The smallest absolute Gasteiger partial charge is 0.264 e. The van der Waals surface area contributed by atoms with Gasteiger partial charge in [-0.05, 0) is 82.2 Å². The van der Waals surface area contributed by atoms with Crippen molar-refractivity contribution >= 4 is 56.9 Å². The quantitative estimate of drug-likeness (QED) is 0.188. The number of amides is 4. The van der Waals surface area contributed by atoms with E-state index >= 15 is 0 Å². The van der Waals surface area contributed by atoms with Crippen molar-refractivity contribution in [1.29, 1.82) is 5.26 Å². The highest BCUT2D eigenvalue weighted by Crippen LogP contribution is 2.38. The van der Waals surface area contributed by atoms with Crippen LogP contribution in [0.5, 0.6) is 0 Å². The first-order chi connectivity index (χ1) is 27.2. The fraction of sp³-hybridized carbons (Fsp3) is 0.415. The Hall–Kier alpha value is -6.14. The maximum Gasteiger partial charge on any atom is 0.264 e. The van der Waals surface area contributed by atoms with Crippen LogP contribution >= 0.6 is 0 Å². The third-order valence-corrected chi connectivity index (χ3v) is 11.8. The molecule has 0 spiro atoms. The standard InChI is InChI=1S/C41H43N11O4/c1-23(2)44-37-29(20-43-36-27-7-6-25(19-42)18-30(27)45-38(36)37)31-22-51(48-47-31)26-12-14-49(15-13-26)21-24-10-16-50(17-11-24)32-5-3-4-28-35(32)41(56)52(40(28)55)33-8-9-34(53)46-39(33)54/h3-7,18,20,22-24,26,33,45H,8-17,21H2,1-2H3,(H,43,44)(H,46,53,54). The van der Waals surface area contributed by atoms with Crippen LogP contribution in [0.1, 0.15) is 84.7 Å². The summed E-state index contributed by atoms with van der Waals surface area (Å²) in [6.07, 6.45) is 7.99. The molecule has 1 atom stereocenters. The van der Waals surface area contributed by atoms with Crippen molar-refractivity contribution in [3.05, 3.63) is 65.5 Å². The van der Waals surface area contributed by atoms with E-state index in [1.54, 1.807) is 12.1 Å². The number of carbonyl (C=O) groups is 4.